The third-order valence-electron chi connectivity index (χ3n) is 15.7. The molecule has 0 N–H and O–H groups in total. The smallest absolute Gasteiger partial charge is 0.333 e. The Balaban J connectivity index is 1.18. The normalized spacial score (nSPS) is 16.0. The summed E-state index contributed by atoms with van der Waals surface area (Å²) in [5, 5.41) is 2.57. The Morgan fingerprint density at radius 1 is 0.559 bits per heavy atom. The summed E-state index contributed by atoms with van der Waals surface area (Å²) in [6.45, 7) is 21.0. The van der Waals surface area contributed by atoms with Crippen LogP contribution in [0, 0.1) is 13.8 Å². The molecular formula is C62H55BN2O2S. The van der Waals surface area contributed by atoms with Crippen molar-refractivity contribution in [3.63, 3.8) is 0 Å². The number of hydrogen-bond acceptors (Lipinski definition) is 5. The van der Waals surface area contributed by atoms with Crippen molar-refractivity contribution in [2.24, 2.45) is 0 Å². The van der Waals surface area contributed by atoms with Crippen LogP contribution in [0.15, 0.2) is 146 Å². The van der Waals surface area contributed by atoms with Crippen LogP contribution in [0.2, 0.25) is 0 Å². The second-order valence-corrected chi connectivity index (χ2v) is 23.2. The van der Waals surface area contributed by atoms with Gasteiger partial charge in [0, 0.05) is 55.4 Å². The lowest BCUT2D eigenvalue weighted by atomic mass is 9.43. The topological polar surface area (TPSA) is 24.9 Å². The van der Waals surface area contributed by atoms with E-state index >= 15 is 0 Å². The van der Waals surface area contributed by atoms with Crippen molar-refractivity contribution in [1.82, 2.24) is 0 Å². The standard InChI is InChI=1S/C62H55BN2O2S/c1-36-29-44-41-24-25-42-40-19-13-16-22-56(40)68-59(42)58(41)65(48-26-23-39(60(3,4)5)32-43(48)38-17-11-10-12-18-38)63-47-34-54-55(67-53-21-15-14-20-52(53)66-54)35-50(47)64(51(30-36)57(44)63)49-33-46-45(31-37(49)2)61(6,7)27-28-62(46,8)9/h10-26,29-35H,27-28H2,1-9H3. The number of ether oxygens (including phenoxy) is 2. The maximum Gasteiger partial charge on any atom is 0.333 e. The number of rotatable bonds is 3. The van der Waals surface area contributed by atoms with Crippen LogP contribution in [0.25, 0.3) is 42.4 Å². The Hall–Kier alpha value is -6.76. The van der Waals surface area contributed by atoms with Crippen LogP contribution in [0.1, 0.15) is 89.1 Å². The van der Waals surface area contributed by atoms with Gasteiger partial charge in [0.05, 0.1) is 10.4 Å². The van der Waals surface area contributed by atoms with Crippen LogP contribution >= 0.6 is 11.3 Å². The molecule has 8 aromatic carbocycles. The molecule has 0 saturated heterocycles. The summed E-state index contributed by atoms with van der Waals surface area (Å²) >= 11 is 1.91. The zero-order valence-electron chi connectivity index (χ0n) is 40.5. The largest absolute Gasteiger partial charge is 0.450 e. The van der Waals surface area contributed by atoms with Crippen molar-refractivity contribution < 1.29 is 9.47 Å². The first-order chi connectivity index (χ1) is 32.6. The van der Waals surface area contributed by atoms with Gasteiger partial charge in [0.15, 0.2) is 23.0 Å². The van der Waals surface area contributed by atoms with E-state index in [-0.39, 0.29) is 23.1 Å². The lowest BCUT2D eigenvalue weighted by molar-refractivity contribution is 0.332. The van der Waals surface area contributed by atoms with Gasteiger partial charge in [0.1, 0.15) is 0 Å². The summed E-state index contributed by atoms with van der Waals surface area (Å²) in [5.41, 5.74) is 20.1. The van der Waals surface area contributed by atoms with E-state index in [1.54, 1.807) is 0 Å². The molecule has 0 unspecified atom stereocenters. The molecule has 4 aliphatic rings. The summed E-state index contributed by atoms with van der Waals surface area (Å²) in [7, 11) is 0. The quantitative estimate of drug-likeness (QED) is 0.165. The molecule has 334 valence electrons. The number of anilines is 5. The van der Waals surface area contributed by atoms with Gasteiger partial charge >= 0.3 is 6.85 Å². The Bertz CT molecular complexity index is 3620. The summed E-state index contributed by atoms with van der Waals surface area (Å²) in [6, 6.07) is 54.5. The number of benzene rings is 8. The Kier molecular flexibility index (Phi) is 8.76. The van der Waals surface area contributed by atoms with Gasteiger partial charge in [-0.1, -0.05) is 139 Å². The van der Waals surface area contributed by atoms with Gasteiger partial charge in [-0.3, -0.25) is 0 Å². The maximum atomic E-state index is 6.89. The van der Waals surface area contributed by atoms with Gasteiger partial charge in [0.25, 0.3) is 0 Å². The lowest BCUT2D eigenvalue weighted by Gasteiger charge is -2.48. The minimum Gasteiger partial charge on any atom is -0.450 e. The highest BCUT2D eigenvalue weighted by Gasteiger charge is 2.48. The SMILES string of the molecule is Cc1cc2c3c(c1)N(c1cc4c(cc1C)C(C)(C)CCC4(C)C)c1cc4c(cc1B3N(c1ccc(C(C)(C)C)cc1-c1ccccc1)c1c-2ccc2c1sc1ccccc12)Oc1ccccc1O4. The van der Waals surface area contributed by atoms with E-state index < -0.39 is 0 Å². The van der Waals surface area contributed by atoms with Crippen molar-refractivity contribution in [3.8, 4) is 45.3 Å². The predicted molar refractivity (Wildman–Crippen MR) is 289 cm³/mol. The number of para-hydroxylation sites is 2. The van der Waals surface area contributed by atoms with E-state index in [1.807, 2.05) is 35.6 Å². The molecule has 1 aliphatic carbocycles. The van der Waals surface area contributed by atoms with Crippen LogP contribution < -0.4 is 30.1 Å². The molecule has 4 heterocycles. The molecule has 0 bridgehead atoms. The van der Waals surface area contributed by atoms with E-state index in [0.29, 0.717) is 0 Å². The maximum absolute atomic E-state index is 6.89. The molecule has 4 nitrogen and oxygen atoms in total. The zero-order chi connectivity index (χ0) is 46.6. The Labute approximate surface area is 404 Å². The highest BCUT2D eigenvalue weighted by atomic mass is 32.1. The molecule has 9 aromatic rings. The highest BCUT2D eigenvalue weighted by Crippen LogP contribution is 2.57. The van der Waals surface area contributed by atoms with Gasteiger partial charge in [-0.25, -0.2) is 0 Å². The van der Waals surface area contributed by atoms with E-state index in [2.05, 4.69) is 193 Å². The molecular weight excluding hydrogens is 848 g/mol. The van der Waals surface area contributed by atoms with Gasteiger partial charge in [-0.05, 0) is 141 Å². The first kappa shape index (κ1) is 41.4. The summed E-state index contributed by atoms with van der Waals surface area (Å²) < 4.78 is 16.3. The van der Waals surface area contributed by atoms with Crippen molar-refractivity contribution in [2.45, 2.75) is 91.4 Å². The molecule has 13 rings (SSSR count). The number of nitrogens with zero attached hydrogens (tertiary/aromatic N) is 2. The van der Waals surface area contributed by atoms with E-state index in [4.69, 9.17) is 9.47 Å². The van der Waals surface area contributed by atoms with Crippen molar-refractivity contribution in [2.75, 3.05) is 9.71 Å². The Morgan fingerprint density at radius 2 is 1.24 bits per heavy atom. The monoisotopic (exact) mass is 902 g/mol. The molecule has 0 saturated carbocycles. The molecule has 0 fully saturated rings. The fraction of sp³-hybridized carbons (Fsp3) is 0.226. The Morgan fingerprint density at radius 3 is 1.97 bits per heavy atom. The predicted octanol–water partition coefficient (Wildman–Crippen LogP) is 16.6. The van der Waals surface area contributed by atoms with Crippen LogP contribution in [0.4, 0.5) is 28.4 Å². The minimum absolute atomic E-state index is 0.0232. The third kappa shape index (κ3) is 6.05. The lowest BCUT2D eigenvalue weighted by Crippen LogP contribution is -2.61. The van der Waals surface area contributed by atoms with Gasteiger partial charge < -0.3 is 19.2 Å². The first-order valence-corrected chi connectivity index (χ1v) is 25.1. The van der Waals surface area contributed by atoms with E-state index in [9.17, 15) is 0 Å². The highest BCUT2D eigenvalue weighted by molar-refractivity contribution is 7.26. The van der Waals surface area contributed by atoms with Gasteiger partial charge in [-0.2, -0.15) is 0 Å². The van der Waals surface area contributed by atoms with Crippen LogP contribution in [0.3, 0.4) is 0 Å². The summed E-state index contributed by atoms with van der Waals surface area (Å²) in [4.78, 5) is 5.30. The van der Waals surface area contributed by atoms with Gasteiger partial charge in [0.2, 0.25) is 0 Å². The molecule has 0 amide bonds. The molecule has 0 atom stereocenters. The third-order valence-corrected chi connectivity index (χ3v) is 16.9. The average Bonchev–Trinajstić information content (AvgIpc) is 3.71. The second kappa shape index (κ2) is 14.4. The van der Waals surface area contributed by atoms with Crippen molar-refractivity contribution in [1.29, 1.82) is 0 Å². The molecule has 6 heteroatoms. The first-order valence-electron chi connectivity index (χ1n) is 24.3. The zero-order valence-corrected chi connectivity index (χ0v) is 41.3. The van der Waals surface area contributed by atoms with E-state index in [1.165, 1.54) is 110 Å². The molecule has 0 radical (unpaired) electrons. The molecule has 68 heavy (non-hydrogen) atoms. The van der Waals surface area contributed by atoms with Crippen LogP contribution in [0.5, 0.6) is 23.0 Å². The number of hydrogen-bond donors (Lipinski definition) is 0. The minimum atomic E-state index is -0.238. The summed E-state index contributed by atoms with van der Waals surface area (Å²) in [6.07, 6.45) is 2.31. The fourth-order valence-electron chi connectivity index (χ4n) is 11.9. The number of fused-ring (bicyclic) bond motifs is 11. The van der Waals surface area contributed by atoms with Crippen LogP contribution in [-0.4, -0.2) is 6.85 Å². The number of aryl methyl sites for hydroxylation is 2. The van der Waals surface area contributed by atoms with E-state index in [0.717, 1.165) is 35.1 Å². The van der Waals surface area contributed by atoms with Crippen LogP contribution in [-0.2, 0) is 16.2 Å². The average molecular weight is 903 g/mol. The molecule has 0 spiro atoms. The summed E-state index contributed by atoms with van der Waals surface area (Å²) in [5.74, 6) is 2.89. The second-order valence-electron chi connectivity index (χ2n) is 22.1. The van der Waals surface area contributed by atoms with Crippen molar-refractivity contribution >= 4 is 77.7 Å². The van der Waals surface area contributed by atoms with Crippen molar-refractivity contribution in [3.05, 3.63) is 173 Å². The molecule has 3 aliphatic heterocycles. The fourth-order valence-corrected chi connectivity index (χ4v) is 13.2. The molecule has 1 aromatic heterocycles. The number of thiophene rings is 1. The van der Waals surface area contributed by atoms with Gasteiger partial charge in [-0.15, -0.1) is 11.3 Å².